The van der Waals surface area contributed by atoms with E-state index < -0.39 is 0 Å². The standard InChI is InChI=1S/C23H27N5O3S/c1-15(2)28-21-17(14-24-28)16(13-18(25-21)20-6-4-12-32-20)22(29)26-7-9-27(10-8-26)23(30)19-5-3-11-31-19/h4,6,12-15,19H,3,5,7-11H2,1-2H3. The summed E-state index contributed by atoms with van der Waals surface area (Å²) in [4.78, 5) is 35.7. The van der Waals surface area contributed by atoms with Crippen LogP contribution in [0.25, 0.3) is 21.6 Å². The van der Waals surface area contributed by atoms with Gasteiger partial charge in [0.1, 0.15) is 6.10 Å². The normalized spacial score (nSPS) is 19.3. The Hall–Kier alpha value is -2.78. The van der Waals surface area contributed by atoms with Gasteiger partial charge in [-0.15, -0.1) is 11.3 Å². The van der Waals surface area contributed by atoms with Crippen LogP contribution in [0.5, 0.6) is 0 Å². The summed E-state index contributed by atoms with van der Waals surface area (Å²) in [7, 11) is 0. The number of piperazine rings is 1. The van der Waals surface area contributed by atoms with Gasteiger partial charge in [-0.05, 0) is 44.2 Å². The molecule has 2 amide bonds. The Balaban J connectivity index is 1.41. The molecule has 0 N–H and O–H groups in total. The molecule has 3 aromatic rings. The number of pyridine rings is 1. The lowest BCUT2D eigenvalue weighted by Crippen LogP contribution is -2.52. The number of nitrogens with zero attached hydrogens (tertiary/aromatic N) is 5. The molecule has 2 saturated heterocycles. The molecule has 5 heterocycles. The summed E-state index contributed by atoms with van der Waals surface area (Å²) < 4.78 is 7.41. The number of carbonyl (C=O) groups excluding carboxylic acids is 2. The van der Waals surface area contributed by atoms with E-state index in [0.29, 0.717) is 38.3 Å². The summed E-state index contributed by atoms with van der Waals surface area (Å²) in [6.07, 6.45) is 3.15. The highest BCUT2D eigenvalue weighted by atomic mass is 32.1. The van der Waals surface area contributed by atoms with Gasteiger partial charge in [-0.1, -0.05) is 6.07 Å². The molecule has 0 saturated carbocycles. The quantitative estimate of drug-likeness (QED) is 0.606. The van der Waals surface area contributed by atoms with E-state index in [4.69, 9.17) is 9.72 Å². The third kappa shape index (κ3) is 3.80. The number of fused-ring (bicyclic) bond motifs is 1. The summed E-state index contributed by atoms with van der Waals surface area (Å²) in [5.41, 5.74) is 2.12. The van der Waals surface area contributed by atoms with Crippen LogP contribution in [0, 0.1) is 0 Å². The van der Waals surface area contributed by atoms with E-state index in [1.54, 1.807) is 17.5 Å². The largest absolute Gasteiger partial charge is 0.368 e. The second kappa shape index (κ2) is 8.63. The van der Waals surface area contributed by atoms with Crippen LogP contribution in [0.3, 0.4) is 0 Å². The van der Waals surface area contributed by atoms with Gasteiger partial charge >= 0.3 is 0 Å². The summed E-state index contributed by atoms with van der Waals surface area (Å²) in [6.45, 7) is 6.84. The van der Waals surface area contributed by atoms with Crippen molar-refractivity contribution in [2.45, 2.75) is 38.8 Å². The number of carbonyl (C=O) groups is 2. The van der Waals surface area contributed by atoms with Crippen molar-refractivity contribution in [2.24, 2.45) is 0 Å². The third-order valence-electron chi connectivity index (χ3n) is 6.14. The van der Waals surface area contributed by atoms with E-state index in [1.807, 2.05) is 38.1 Å². The van der Waals surface area contributed by atoms with Crippen molar-refractivity contribution in [3.63, 3.8) is 0 Å². The second-order valence-corrected chi connectivity index (χ2v) is 9.52. The fourth-order valence-electron chi connectivity index (χ4n) is 4.40. The maximum Gasteiger partial charge on any atom is 0.254 e. The van der Waals surface area contributed by atoms with Crippen LogP contribution in [0.4, 0.5) is 0 Å². The van der Waals surface area contributed by atoms with E-state index in [1.165, 1.54) is 0 Å². The molecule has 0 aliphatic carbocycles. The fraction of sp³-hybridized carbons (Fsp3) is 0.478. The maximum absolute atomic E-state index is 13.6. The average Bonchev–Trinajstić information content (AvgIpc) is 3.58. The fourth-order valence-corrected chi connectivity index (χ4v) is 5.09. The minimum atomic E-state index is -0.313. The van der Waals surface area contributed by atoms with Gasteiger partial charge in [0.05, 0.1) is 27.7 Å². The Kier molecular flexibility index (Phi) is 5.69. The molecule has 0 bridgehead atoms. The van der Waals surface area contributed by atoms with Gasteiger partial charge in [-0.3, -0.25) is 9.59 Å². The van der Waals surface area contributed by atoms with Gasteiger partial charge in [0.2, 0.25) is 0 Å². The van der Waals surface area contributed by atoms with Crippen molar-refractivity contribution in [2.75, 3.05) is 32.8 Å². The lowest BCUT2D eigenvalue weighted by molar-refractivity contribution is -0.142. The Morgan fingerprint density at radius 2 is 1.97 bits per heavy atom. The van der Waals surface area contributed by atoms with E-state index in [2.05, 4.69) is 18.9 Å². The highest BCUT2D eigenvalue weighted by Crippen LogP contribution is 2.30. The highest BCUT2D eigenvalue weighted by molar-refractivity contribution is 7.13. The number of ether oxygens (including phenoxy) is 1. The molecule has 2 fully saturated rings. The van der Waals surface area contributed by atoms with Crippen LogP contribution in [0.2, 0.25) is 0 Å². The first kappa shape index (κ1) is 21.1. The molecule has 0 radical (unpaired) electrons. The van der Waals surface area contributed by atoms with Gasteiger partial charge in [0.25, 0.3) is 11.8 Å². The minimum absolute atomic E-state index is 0.0391. The zero-order valence-corrected chi connectivity index (χ0v) is 19.2. The van der Waals surface area contributed by atoms with Gasteiger partial charge in [0, 0.05) is 38.8 Å². The van der Waals surface area contributed by atoms with Crippen LogP contribution >= 0.6 is 11.3 Å². The SMILES string of the molecule is CC(C)n1ncc2c(C(=O)N3CCN(C(=O)C4CCCO4)CC3)cc(-c3cccs3)nc21. The lowest BCUT2D eigenvalue weighted by atomic mass is 10.1. The molecule has 2 aliphatic rings. The van der Waals surface area contributed by atoms with Gasteiger partial charge in [-0.25, -0.2) is 9.67 Å². The predicted octanol–water partition coefficient (Wildman–Crippen LogP) is 3.20. The molecule has 32 heavy (non-hydrogen) atoms. The molecule has 3 aromatic heterocycles. The monoisotopic (exact) mass is 453 g/mol. The molecule has 5 rings (SSSR count). The van der Waals surface area contributed by atoms with E-state index in [0.717, 1.165) is 34.4 Å². The molecule has 8 nitrogen and oxygen atoms in total. The first-order valence-corrected chi connectivity index (χ1v) is 12.0. The van der Waals surface area contributed by atoms with Crippen LogP contribution in [0.15, 0.2) is 29.8 Å². The second-order valence-electron chi connectivity index (χ2n) is 8.57. The van der Waals surface area contributed by atoms with Crippen molar-refractivity contribution in [1.29, 1.82) is 0 Å². The van der Waals surface area contributed by atoms with Crippen molar-refractivity contribution in [1.82, 2.24) is 24.6 Å². The third-order valence-corrected chi connectivity index (χ3v) is 7.04. The Bertz CT molecular complexity index is 1130. The zero-order valence-electron chi connectivity index (χ0n) is 18.4. The molecule has 1 unspecified atom stereocenters. The maximum atomic E-state index is 13.6. The Labute approximate surface area is 190 Å². The lowest BCUT2D eigenvalue weighted by Gasteiger charge is -2.35. The summed E-state index contributed by atoms with van der Waals surface area (Å²) in [5, 5.41) is 7.28. The Morgan fingerprint density at radius 3 is 2.62 bits per heavy atom. The Morgan fingerprint density at radius 1 is 1.19 bits per heavy atom. The number of amides is 2. The van der Waals surface area contributed by atoms with Crippen molar-refractivity contribution in [3.8, 4) is 10.6 Å². The van der Waals surface area contributed by atoms with E-state index in [9.17, 15) is 9.59 Å². The summed E-state index contributed by atoms with van der Waals surface area (Å²) >= 11 is 1.60. The highest BCUT2D eigenvalue weighted by Gasteiger charge is 2.32. The van der Waals surface area contributed by atoms with Crippen LogP contribution in [-0.4, -0.2) is 75.3 Å². The van der Waals surface area contributed by atoms with Crippen molar-refractivity contribution >= 4 is 34.2 Å². The molecule has 9 heteroatoms. The minimum Gasteiger partial charge on any atom is -0.368 e. The number of rotatable bonds is 4. The molecule has 1 atom stereocenters. The molecular formula is C23H27N5O3S. The number of hydrogen-bond donors (Lipinski definition) is 0. The van der Waals surface area contributed by atoms with Gasteiger partial charge in [-0.2, -0.15) is 5.10 Å². The van der Waals surface area contributed by atoms with Gasteiger partial charge in [0.15, 0.2) is 5.65 Å². The molecule has 0 spiro atoms. The van der Waals surface area contributed by atoms with Crippen LogP contribution in [-0.2, 0) is 9.53 Å². The van der Waals surface area contributed by atoms with Crippen LogP contribution < -0.4 is 0 Å². The smallest absolute Gasteiger partial charge is 0.254 e. The van der Waals surface area contributed by atoms with E-state index in [-0.39, 0.29) is 24.0 Å². The number of aromatic nitrogens is 3. The van der Waals surface area contributed by atoms with Crippen molar-refractivity contribution in [3.05, 3.63) is 35.3 Å². The van der Waals surface area contributed by atoms with Crippen LogP contribution in [0.1, 0.15) is 43.1 Å². The molecule has 0 aromatic carbocycles. The first-order chi connectivity index (χ1) is 15.5. The molecule has 2 aliphatic heterocycles. The zero-order chi connectivity index (χ0) is 22.2. The first-order valence-electron chi connectivity index (χ1n) is 11.1. The predicted molar refractivity (Wildman–Crippen MR) is 123 cm³/mol. The molecule has 168 valence electrons. The average molecular weight is 454 g/mol. The molecular weight excluding hydrogens is 426 g/mol. The topological polar surface area (TPSA) is 80.6 Å². The van der Waals surface area contributed by atoms with Gasteiger partial charge < -0.3 is 14.5 Å². The summed E-state index contributed by atoms with van der Waals surface area (Å²) in [6, 6.07) is 6.01. The number of thiophene rings is 1. The van der Waals surface area contributed by atoms with Crippen molar-refractivity contribution < 1.29 is 14.3 Å². The number of hydrogen-bond acceptors (Lipinski definition) is 6. The van der Waals surface area contributed by atoms with E-state index >= 15 is 0 Å². The summed E-state index contributed by atoms with van der Waals surface area (Å²) in [5.74, 6) is 0.0156.